The fraction of sp³-hybridized carbons (Fsp3) is 0.333. The standard InChI is InChI=1S/C27H30ClN7O3S/c1-32(2)17-26-29-11-13-33(26)19-6-8-20(9-7-19)35-16-25-23(4-3-12-34(25)39(35,37)38)31-27(36)18-5-10-21-22(28)15-30-24(21)14-18/h5-11,13-15,23,25,30H,3-4,12,16-17H2,1-2H3,(H,31,36)/t23-,25-/m1/s1. The van der Waals surface area contributed by atoms with Crippen molar-refractivity contribution >= 4 is 44.3 Å². The van der Waals surface area contributed by atoms with Crippen LogP contribution < -0.4 is 9.62 Å². The number of anilines is 1. The molecule has 39 heavy (non-hydrogen) atoms. The lowest BCUT2D eigenvalue weighted by atomic mass is 9.97. The number of benzene rings is 2. The number of aromatic nitrogens is 3. The third-order valence-corrected chi connectivity index (χ3v) is 9.73. The molecule has 0 bridgehead atoms. The molecule has 4 heterocycles. The van der Waals surface area contributed by atoms with E-state index < -0.39 is 10.2 Å². The molecule has 0 saturated carbocycles. The zero-order chi connectivity index (χ0) is 27.3. The van der Waals surface area contributed by atoms with Crippen molar-refractivity contribution in [2.75, 3.05) is 31.5 Å². The Hall–Kier alpha value is -3.38. The highest BCUT2D eigenvalue weighted by atomic mass is 35.5. The third kappa shape index (κ3) is 4.69. The zero-order valence-electron chi connectivity index (χ0n) is 21.7. The van der Waals surface area contributed by atoms with Crippen molar-refractivity contribution in [1.29, 1.82) is 0 Å². The van der Waals surface area contributed by atoms with Gasteiger partial charge in [-0.2, -0.15) is 12.7 Å². The van der Waals surface area contributed by atoms with Crippen LogP contribution in [0.3, 0.4) is 0 Å². The van der Waals surface area contributed by atoms with E-state index in [1.54, 1.807) is 24.5 Å². The molecule has 2 aliphatic heterocycles. The topological polar surface area (TPSA) is 107 Å². The van der Waals surface area contributed by atoms with Gasteiger partial charge in [0.15, 0.2) is 0 Å². The molecule has 0 spiro atoms. The largest absolute Gasteiger partial charge is 0.360 e. The Kier molecular flexibility index (Phi) is 6.62. The van der Waals surface area contributed by atoms with Crippen LogP contribution >= 0.6 is 11.6 Å². The molecule has 2 saturated heterocycles. The van der Waals surface area contributed by atoms with E-state index in [0.717, 1.165) is 22.4 Å². The number of amides is 1. The van der Waals surface area contributed by atoms with Gasteiger partial charge in [-0.25, -0.2) is 4.98 Å². The van der Waals surface area contributed by atoms with Crippen molar-refractivity contribution < 1.29 is 13.2 Å². The number of fused-ring (bicyclic) bond motifs is 2. The Balaban J connectivity index is 1.21. The number of halogens is 1. The second kappa shape index (κ2) is 9.98. The molecule has 4 aromatic rings. The van der Waals surface area contributed by atoms with Gasteiger partial charge in [0.2, 0.25) is 0 Å². The number of nitrogens with zero attached hydrogens (tertiary/aromatic N) is 5. The molecule has 2 aromatic heterocycles. The summed E-state index contributed by atoms with van der Waals surface area (Å²) in [6.45, 7) is 1.39. The summed E-state index contributed by atoms with van der Waals surface area (Å²) >= 11 is 6.17. The maximum Gasteiger partial charge on any atom is 0.304 e. The quantitative estimate of drug-likeness (QED) is 0.371. The van der Waals surface area contributed by atoms with Crippen LogP contribution in [0.4, 0.5) is 5.69 Å². The molecule has 0 aliphatic carbocycles. The number of hydrogen-bond donors (Lipinski definition) is 2. The molecule has 0 radical (unpaired) electrons. The minimum atomic E-state index is -3.72. The average molecular weight is 568 g/mol. The minimum absolute atomic E-state index is 0.233. The first kappa shape index (κ1) is 25.9. The fourth-order valence-electron chi connectivity index (χ4n) is 5.56. The van der Waals surface area contributed by atoms with Gasteiger partial charge in [-0.3, -0.25) is 9.10 Å². The van der Waals surface area contributed by atoms with Gasteiger partial charge in [0.25, 0.3) is 5.91 Å². The summed E-state index contributed by atoms with van der Waals surface area (Å²) < 4.78 is 32.1. The van der Waals surface area contributed by atoms with E-state index in [1.165, 1.54) is 8.61 Å². The lowest BCUT2D eigenvalue weighted by Gasteiger charge is -2.34. The molecule has 10 nitrogen and oxygen atoms in total. The summed E-state index contributed by atoms with van der Waals surface area (Å²) in [4.78, 5) is 22.7. The number of rotatable bonds is 6. The number of H-pyrrole nitrogens is 1. The monoisotopic (exact) mass is 567 g/mol. The Morgan fingerprint density at radius 1 is 1.18 bits per heavy atom. The second-order valence-corrected chi connectivity index (χ2v) is 12.5. The summed E-state index contributed by atoms with van der Waals surface area (Å²) in [5, 5.41) is 4.55. The van der Waals surface area contributed by atoms with E-state index in [1.807, 2.05) is 60.1 Å². The highest BCUT2D eigenvalue weighted by Crippen LogP contribution is 2.34. The van der Waals surface area contributed by atoms with Crippen LogP contribution in [0.25, 0.3) is 16.6 Å². The number of imidazole rings is 1. The Morgan fingerprint density at radius 2 is 1.95 bits per heavy atom. The van der Waals surface area contributed by atoms with Gasteiger partial charge in [0.05, 0.1) is 29.8 Å². The van der Waals surface area contributed by atoms with Gasteiger partial charge in [-0.05, 0) is 63.3 Å². The number of nitrogens with one attached hydrogen (secondary N) is 2. The van der Waals surface area contributed by atoms with Crippen molar-refractivity contribution in [3.05, 3.63) is 77.5 Å². The van der Waals surface area contributed by atoms with Crippen LogP contribution in [0.1, 0.15) is 29.0 Å². The van der Waals surface area contributed by atoms with Crippen LogP contribution in [0.5, 0.6) is 0 Å². The van der Waals surface area contributed by atoms with Gasteiger partial charge >= 0.3 is 10.2 Å². The Bertz CT molecular complexity index is 1630. The third-order valence-electron chi connectivity index (χ3n) is 7.46. The number of carbonyl (C=O) groups is 1. The number of piperidine rings is 1. The maximum absolute atomic E-state index is 13.6. The number of carbonyl (C=O) groups excluding carboxylic acids is 1. The Morgan fingerprint density at radius 3 is 2.72 bits per heavy atom. The predicted octanol–water partition coefficient (Wildman–Crippen LogP) is 3.40. The zero-order valence-corrected chi connectivity index (χ0v) is 23.3. The van der Waals surface area contributed by atoms with Crippen molar-refractivity contribution in [3.63, 3.8) is 0 Å². The molecule has 6 rings (SSSR count). The molecule has 12 heteroatoms. The predicted molar refractivity (Wildman–Crippen MR) is 152 cm³/mol. The highest BCUT2D eigenvalue weighted by molar-refractivity contribution is 7.90. The van der Waals surface area contributed by atoms with Crippen molar-refractivity contribution in [1.82, 2.24) is 29.1 Å². The molecule has 2 atom stereocenters. The summed E-state index contributed by atoms with van der Waals surface area (Å²) in [7, 11) is 0.253. The fourth-order valence-corrected chi connectivity index (χ4v) is 7.68. The lowest BCUT2D eigenvalue weighted by Crippen LogP contribution is -2.54. The number of hydrogen-bond acceptors (Lipinski definition) is 5. The summed E-state index contributed by atoms with van der Waals surface area (Å²) in [5.74, 6) is 0.666. The highest BCUT2D eigenvalue weighted by Gasteiger charge is 2.49. The summed E-state index contributed by atoms with van der Waals surface area (Å²) in [6, 6.07) is 12.1. The van der Waals surface area contributed by atoms with E-state index in [-0.39, 0.29) is 24.5 Å². The normalized spacial score (nSPS) is 21.0. The first-order valence-electron chi connectivity index (χ1n) is 12.9. The van der Waals surface area contributed by atoms with Crippen molar-refractivity contribution in [2.24, 2.45) is 0 Å². The van der Waals surface area contributed by atoms with E-state index in [0.29, 0.717) is 42.2 Å². The Labute approximate surface area is 232 Å². The van der Waals surface area contributed by atoms with Crippen LogP contribution in [-0.2, 0) is 16.8 Å². The van der Waals surface area contributed by atoms with Crippen LogP contribution in [0.2, 0.25) is 5.02 Å². The number of aromatic amines is 1. The molecule has 1 amide bonds. The molecule has 204 valence electrons. The van der Waals surface area contributed by atoms with Crippen molar-refractivity contribution in [3.8, 4) is 5.69 Å². The molecule has 2 fully saturated rings. The van der Waals surface area contributed by atoms with E-state index in [9.17, 15) is 13.2 Å². The second-order valence-electron chi connectivity index (χ2n) is 10.3. The van der Waals surface area contributed by atoms with Crippen LogP contribution in [-0.4, -0.2) is 77.3 Å². The summed E-state index contributed by atoms with van der Waals surface area (Å²) in [6.07, 6.45) is 6.73. The van der Waals surface area contributed by atoms with Crippen molar-refractivity contribution in [2.45, 2.75) is 31.5 Å². The van der Waals surface area contributed by atoms with Crippen LogP contribution in [0.15, 0.2) is 61.1 Å². The maximum atomic E-state index is 13.6. The molecular formula is C27H30ClN7O3S. The smallest absolute Gasteiger partial charge is 0.304 e. The SMILES string of the molecule is CN(C)Cc1nccn1-c1ccc(N2C[C@@H]3[C@H](NC(=O)c4ccc5c(Cl)c[nH]c5c4)CCCN3S2(=O)=O)cc1. The van der Waals surface area contributed by atoms with Gasteiger partial charge in [0.1, 0.15) is 5.82 Å². The first-order chi connectivity index (χ1) is 18.7. The van der Waals surface area contributed by atoms with Gasteiger partial charge < -0.3 is 19.8 Å². The van der Waals surface area contributed by atoms with E-state index in [4.69, 9.17) is 11.6 Å². The van der Waals surface area contributed by atoms with E-state index >= 15 is 0 Å². The summed E-state index contributed by atoms with van der Waals surface area (Å²) in [5.41, 5.74) is 2.79. The van der Waals surface area contributed by atoms with Gasteiger partial charge in [-0.1, -0.05) is 17.7 Å². The van der Waals surface area contributed by atoms with Crippen LogP contribution in [0, 0.1) is 0 Å². The van der Waals surface area contributed by atoms with E-state index in [2.05, 4.69) is 15.3 Å². The minimum Gasteiger partial charge on any atom is -0.360 e. The molecular weight excluding hydrogens is 538 g/mol. The average Bonchev–Trinajstić information content (AvgIpc) is 3.60. The molecule has 2 aromatic carbocycles. The first-order valence-corrected chi connectivity index (χ1v) is 14.6. The molecule has 2 aliphatic rings. The van der Waals surface area contributed by atoms with Gasteiger partial charge in [-0.15, -0.1) is 0 Å². The lowest BCUT2D eigenvalue weighted by molar-refractivity contribution is 0.0901. The molecule has 0 unspecified atom stereocenters. The molecule has 2 N–H and O–H groups in total. The van der Waals surface area contributed by atoms with Gasteiger partial charge in [0, 0.05) is 53.3 Å².